The Balaban J connectivity index is 3.45. The number of hydrogen-bond acceptors (Lipinski definition) is 4. The predicted octanol–water partition coefficient (Wildman–Crippen LogP) is 15.0. The maximum atomic E-state index is 12.2. The van der Waals surface area contributed by atoms with Gasteiger partial charge in [0.15, 0.2) is 0 Å². The van der Waals surface area contributed by atoms with Gasteiger partial charge in [-0.2, -0.15) is 0 Å². The molecular formula is C49H86O4. The molecule has 0 aromatic rings. The van der Waals surface area contributed by atoms with Gasteiger partial charge >= 0.3 is 5.97 Å². The minimum atomic E-state index is -0.543. The first kappa shape index (κ1) is 50.8. The zero-order chi connectivity index (χ0) is 38.4. The molecule has 1 unspecified atom stereocenters. The van der Waals surface area contributed by atoms with Crippen LogP contribution in [0, 0.1) is 0 Å². The summed E-state index contributed by atoms with van der Waals surface area (Å²) in [5, 5.41) is 9.62. The highest BCUT2D eigenvalue weighted by Crippen LogP contribution is 2.14. The second-order valence-corrected chi connectivity index (χ2v) is 14.7. The summed E-state index contributed by atoms with van der Waals surface area (Å²) in [5.74, 6) is -0.211. The van der Waals surface area contributed by atoms with E-state index in [1.54, 1.807) is 0 Å². The summed E-state index contributed by atoms with van der Waals surface area (Å²) in [6.07, 6.45) is 62.5. The van der Waals surface area contributed by atoms with Gasteiger partial charge in [-0.15, -0.1) is 0 Å². The van der Waals surface area contributed by atoms with Gasteiger partial charge in [-0.3, -0.25) is 4.79 Å². The van der Waals surface area contributed by atoms with Crippen molar-refractivity contribution in [2.45, 2.75) is 213 Å². The van der Waals surface area contributed by atoms with Crippen LogP contribution in [0.1, 0.15) is 206 Å². The number of carbonyl (C=O) groups is 1. The fourth-order valence-corrected chi connectivity index (χ4v) is 6.17. The molecule has 0 aromatic carbocycles. The number of hydrogen-bond donors (Lipinski definition) is 1. The fraction of sp³-hybridized carbons (Fsp3) is 0.735. The highest BCUT2D eigenvalue weighted by atomic mass is 16.6. The number of unbranched alkanes of at least 4 members (excludes halogenated alkanes) is 21. The van der Waals surface area contributed by atoms with Crippen molar-refractivity contribution in [1.29, 1.82) is 0 Å². The van der Waals surface area contributed by atoms with Crippen molar-refractivity contribution >= 4 is 5.97 Å². The standard InChI is InChI=1S/C49H86O4/c1-3-5-7-9-11-13-15-17-19-21-22-23-24-25-26-27-29-31-33-35-37-39-41-43-45-52-47-48(46-50)53-49(51)44-42-40-38-36-34-32-30-28-20-18-16-14-12-10-8-6-4-2/h5,7,11-14,17-20,22-23,48,50H,3-4,6,8-10,15-16,21,24-47H2,1-2H3/b7-5-,13-11-,14-12-,19-17-,20-18-,23-22-. The SMILES string of the molecule is CC/C=C\C/C=C\C/C=C\C/C=C\CCCCCCCCCCCCCOCC(CO)OC(=O)CCCCCCCCC/C=C\C/C=C\CCCCC. The molecule has 0 amide bonds. The summed E-state index contributed by atoms with van der Waals surface area (Å²) >= 11 is 0. The molecule has 1 atom stereocenters. The monoisotopic (exact) mass is 739 g/mol. The topological polar surface area (TPSA) is 55.8 Å². The van der Waals surface area contributed by atoms with Crippen molar-refractivity contribution in [1.82, 2.24) is 0 Å². The molecule has 4 heteroatoms. The lowest BCUT2D eigenvalue weighted by Crippen LogP contribution is -2.27. The van der Waals surface area contributed by atoms with Crippen LogP contribution in [-0.4, -0.2) is 37.0 Å². The van der Waals surface area contributed by atoms with Gasteiger partial charge in [-0.25, -0.2) is 0 Å². The van der Waals surface area contributed by atoms with E-state index in [0.717, 1.165) is 51.4 Å². The summed E-state index contributed by atoms with van der Waals surface area (Å²) in [6, 6.07) is 0. The number of rotatable bonds is 41. The van der Waals surface area contributed by atoms with E-state index in [1.807, 2.05) is 0 Å². The third kappa shape index (κ3) is 44.1. The molecule has 0 spiro atoms. The van der Waals surface area contributed by atoms with Crippen LogP contribution in [0.3, 0.4) is 0 Å². The maximum absolute atomic E-state index is 12.2. The van der Waals surface area contributed by atoms with Crippen LogP contribution in [0.25, 0.3) is 0 Å². The van der Waals surface area contributed by atoms with Gasteiger partial charge in [-0.05, 0) is 83.5 Å². The quantitative estimate of drug-likeness (QED) is 0.0385. The van der Waals surface area contributed by atoms with Crippen LogP contribution in [0.15, 0.2) is 72.9 Å². The Labute approximate surface area is 329 Å². The molecule has 0 heterocycles. The molecule has 1 N–H and O–H groups in total. The first-order valence-electron chi connectivity index (χ1n) is 22.5. The van der Waals surface area contributed by atoms with E-state index in [4.69, 9.17) is 9.47 Å². The fourth-order valence-electron chi connectivity index (χ4n) is 6.17. The van der Waals surface area contributed by atoms with Gasteiger partial charge in [0.25, 0.3) is 0 Å². The van der Waals surface area contributed by atoms with Gasteiger partial charge in [-0.1, -0.05) is 189 Å². The highest BCUT2D eigenvalue weighted by Gasteiger charge is 2.13. The number of aliphatic hydroxyl groups excluding tert-OH is 1. The molecule has 306 valence electrons. The summed E-state index contributed by atoms with van der Waals surface area (Å²) in [4.78, 5) is 12.2. The number of carbonyl (C=O) groups excluding carboxylic acids is 1. The number of aliphatic hydroxyl groups is 1. The van der Waals surface area contributed by atoms with Crippen molar-refractivity contribution in [3.05, 3.63) is 72.9 Å². The van der Waals surface area contributed by atoms with Gasteiger partial charge in [0.2, 0.25) is 0 Å². The second-order valence-electron chi connectivity index (χ2n) is 14.7. The number of allylic oxidation sites excluding steroid dienone is 12. The van der Waals surface area contributed by atoms with E-state index < -0.39 is 6.10 Å². The molecule has 0 aliphatic carbocycles. The summed E-state index contributed by atoms with van der Waals surface area (Å²) < 4.78 is 11.2. The normalized spacial score (nSPS) is 13.0. The first-order chi connectivity index (χ1) is 26.2. The third-order valence-electron chi connectivity index (χ3n) is 9.52. The van der Waals surface area contributed by atoms with Gasteiger partial charge in [0.05, 0.1) is 13.2 Å². The van der Waals surface area contributed by atoms with Crippen molar-refractivity contribution in [3.63, 3.8) is 0 Å². The summed E-state index contributed by atoms with van der Waals surface area (Å²) in [5.41, 5.74) is 0. The molecule has 0 saturated carbocycles. The van der Waals surface area contributed by atoms with Crippen molar-refractivity contribution in [2.75, 3.05) is 19.8 Å². The zero-order valence-electron chi connectivity index (χ0n) is 35.0. The van der Waals surface area contributed by atoms with Crippen LogP contribution in [0.2, 0.25) is 0 Å². The molecule has 0 fully saturated rings. The predicted molar refractivity (Wildman–Crippen MR) is 232 cm³/mol. The van der Waals surface area contributed by atoms with Gasteiger partial charge in [0, 0.05) is 13.0 Å². The minimum Gasteiger partial charge on any atom is -0.457 e. The highest BCUT2D eigenvalue weighted by molar-refractivity contribution is 5.69. The molecular weight excluding hydrogens is 653 g/mol. The first-order valence-corrected chi connectivity index (χ1v) is 22.5. The Kier molecular flexibility index (Phi) is 44.1. The van der Waals surface area contributed by atoms with E-state index in [2.05, 4.69) is 86.8 Å². The molecule has 0 bridgehead atoms. The van der Waals surface area contributed by atoms with E-state index in [0.29, 0.717) is 13.0 Å². The largest absolute Gasteiger partial charge is 0.457 e. The van der Waals surface area contributed by atoms with E-state index >= 15 is 0 Å². The van der Waals surface area contributed by atoms with Crippen LogP contribution < -0.4 is 0 Å². The van der Waals surface area contributed by atoms with Gasteiger partial charge < -0.3 is 14.6 Å². The van der Waals surface area contributed by atoms with Crippen molar-refractivity contribution < 1.29 is 19.4 Å². The molecule has 0 rings (SSSR count). The Morgan fingerprint density at radius 1 is 0.472 bits per heavy atom. The molecule has 0 aromatic heterocycles. The van der Waals surface area contributed by atoms with Crippen LogP contribution >= 0.6 is 0 Å². The van der Waals surface area contributed by atoms with Gasteiger partial charge in [0.1, 0.15) is 6.10 Å². The molecule has 0 radical (unpaired) electrons. The molecule has 0 saturated heterocycles. The lowest BCUT2D eigenvalue weighted by molar-refractivity contribution is -0.154. The number of ether oxygens (including phenoxy) is 2. The molecule has 0 aliphatic rings. The lowest BCUT2D eigenvalue weighted by atomic mass is 10.1. The average molecular weight is 739 g/mol. The van der Waals surface area contributed by atoms with E-state index in [9.17, 15) is 9.90 Å². The maximum Gasteiger partial charge on any atom is 0.306 e. The van der Waals surface area contributed by atoms with Crippen molar-refractivity contribution in [3.8, 4) is 0 Å². The van der Waals surface area contributed by atoms with E-state index in [-0.39, 0.29) is 19.2 Å². The van der Waals surface area contributed by atoms with Crippen LogP contribution in [0.4, 0.5) is 0 Å². The molecule has 4 nitrogen and oxygen atoms in total. The lowest BCUT2D eigenvalue weighted by Gasteiger charge is -2.16. The van der Waals surface area contributed by atoms with Crippen LogP contribution in [0.5, 0.6) is 0 Å². The van der Waals surface area contributed by atoms with Crippen molar-refractivity contribution in [2.24, 2.45) is 0 Å². The minimum absolute atomic E-state index is 0.179. The zero-order valence-corrected chi connectivity index (χ0v) is 35.0. The average Bonchev–Trinajstić information content (AvgIpc) is 3.16. The van der Waals surface area contributed by atoms with E-state index in [1.165, 1.54) is 135 Å². The summed E-state index contributed by atoms with van der Waals surface area (Å²) in [6.45, 7) is 5.20. The number of esters is 1. The van der Waals surface area contributed by atoms with Crippen LogP contribution in [-0.2, 0) is 14.3 Å². The Bertz CT molecular complexity index is 911. The third-order valence-corrected chi connectivity index (χ3v) is 9.52. The molecule has 0 aliphatic heterocycles. The smallest absolute Gasteiger partial charge is 0.306 e. The Hall–Kier alpha value is -2.17. The molecule has 53 heavy (non-hydrogen) atoms. The summed E-state index contributed by atoms with van der Waals surface area (Å²) in [7, 11) is 0. The Morgan fingerprint density at radius 3 is 1.28 bits per heavy atom. The second kappa shape index (κ2) is 46.0. The Morgan fingerprint density at radius 2 is 0.849 bits per heavy atom.